The van der Waals surface area contributed by atoms with Crippen LogP contribution in [0, 0.1) is 17.0 Å². The number of nitrogens with zero attached hydrogens (tertiary/aromatic N) is 2. The molecule has 2 aromatic carbocycles. The average molecular weight is 502 g/mol. The molecule has 10 heteroatoms. The lowest BCUT2D eigenvalue weighted by Crippen LogP contribution is -2.45. The molecule has 0 spiro atoms. The minimum Gasteiger partial charge on any atom is -0.481 e. The van der Waals surface area contributed by atoms with Crippen LogP contribution in [0.5, 0.6) is 5.88 Å². The Balaban J connectivity index is 1.97. The van der Waals surface area contributed by atoms with Crippen molar-refractivity contribution < 1.29 is 33.3 Å². The summed E-state index contributed by atoms with van der Waals surface area (Å²) in [7, 11) is 0. The van der Waals surface area contributed by atoms with Crippen LogP contribution in [-0.2, 0) is 4.79 Å². The maximum atomic E-state index is 14.6. The molecule has 0 radical (unpaired) electrons. The van der Waals surface area contributed by atoms with Gasteiger partial charge in [-0.3, -0.25) is 9.59 Å². The predicted octanol–water partition coefficient (Wildman–Crippen LogP) is 4.27. The molecule has 3 rings (SSSR count). The van der Waals surface area contributed by atoms with Gasteiger partial charge >= 0.3 is 5.97 Å². The van der Waals surface area contributed by atoms with Gasteiger partial charge in [0.2, 0.25) is 5.88 Å². The topological polar surface area (TPSA) is 114 Å². The summed E-state index contributed by atoms with van der Waals surface area (Å²) < 4.78 is 35.8. The molecule has 0 aliphatic heterocycles. The van der Waals surface area contributed by atoms with Crippen LogP contribution in [0.15, 0.2) is 54.6 Å². The van der Waals surface area contributed by atoms with Crippen molar-refractivity contribution in [2.24, 2.45) is 5.41 Å². The summed E-state index contributed by atoms with van der Waals surface area (Å²) in [6.07, 6.45) is -0.571. The third kappa shape index (κ3) is 6.06. The average Bonchev–Trinajstić information content (AvgIpc) is 3.21. The molecule has 0 aliphatic carbocycles. The number of para-hydroxylation sites is 1. The van der Waals surface area contributed by atoms with Crippen molar-refractivity contribution >= 4 is 11.9 Å². The number of carboxylic acids is 1. The molecule has 0 bridgehead atoms. The van der Waals surface area contributed by atoms with Crippen LogP contribution < -0.4 is 10.1 Å². The summed E-state index contributed by atoms with van der Waals surface area (Å²) in [5.41, 5.74) is -2.05. The van der Waals surface area contributed by atoms with Crippen molar-refractivity contribution in [3.8, 4) is 11.6 Å². The van der Waals surface area contributed by atoms with Gasteiger partial charge in [0.15, 0.2) is 5.69 Å². The van der Waals surface area contributed by atoms with E-state index in [1.807, 2.05) is 20.8 Å². The van der Waals surface area contributed by atoms with Gasteiger partial charge in [0.1, 0.15) is 29.5 Å². The van der Waals surface area contributed by atoms with Crippen LogP contribution in [0.4, 0.5) is 8.78 Å². The van der Waals surface area contributed by atoms with Crippen molar-refractivity contribution in [1.29, 1.82) is 0 Å². The number of hydrogen-bond acceptors (Lipinski definition) is 5. The highest BCUT2D eigenvalue weighted by Gasteiger charge is 2.36. The van der Waals surface area contributed by atoms with Crippen LogP contribution in [0.3, 0.4) is 0 Å². The van der Waals surface area contributed by atoms with Crippen LogP contribution >= 0.6 is 0 Å². The number of carbonyl (C=O) groups excluding carboxylic acids is 1. The standard InChI is InChI=1S/C26H29F2N3O5/c1-25(2,3)26(4,35)15-36-22-13-20(30-31(22)21-12-8-7-11-18(21)28)24(34)29-19(14-23(32)33)16-9-5-6-10-17(16)27/h5-13,19,35H,14-15H2,1-4H3,(H,29,34)(H,32,33)/t19-,26+/m0/s1. The summed E-state index contributed by atoms with van der Waals surface area (Å²) in [5, 5.41) is 26.7. The van der Waals surface area contributed by atoms with Crippen LogP contribution in [0.1, 0.15) is 56.2 Å². The molecular weight excluding hydrogens is 472 g/mol. The fraction of sp³-hybridized carbons (Fsp3) is 0.346. The molecule has 0 fully saturated rings. The zero-order valence-electron chi connectivity index (χ0n) is 20.5. The lowest BCUT2D eigenvalue weighted by atomic mass is 9.78. The highest BCUT2D eigenvalue weighted by atomic mass is 19.1. The third-order valence-corrected chi connectivity index (χ3v) is 6.07. The second-order valence-electron chi connectivity index (χ2n) is 9.69. The zero-order chi connectivity index (χ0) is 26.7. The Bertz CT molecular complexity index is 1250. The van der Waals surface area contributed by atoms with Crippen molar-refractivity contribution in [3.63, 3.8) is 0 Å². The molecule has 0 saturated heterocycles. The number of aromatic nitrogens is 2. The van der Waals surface area contributed by atoms with Crippen LogP contribution in [0.25, 0.3) is 5.69 Å². The van der Waals surface area contributed by atoms with Gasteiger partial charge in [-0.2, -0.15) is 9.78 Å². The van der Waals surface area contributed by atoms with E-state index in [4.69, 9.17) is 4.74 Å². The van der Waals surface area contributed by atoms with Crippen LogP contribution in [0.2, 0.25) is 0 Å². The Hall–Kier alpha value is -3.79. The van der Waals surface area contributed by atoms with E-state index >= 15 is 0 Å². The second kappa shape index (κ2) is 10.4. The first-order valence-corrected chi connectivity index (χ1v) is 11.3. The van der Waals surface area contributed by atoms with Gasteiger partial charge in [-0.05, 0) is 30.5 Å². The summed E-state index contributed by atoms with van der Waals surface area (Å²) >= 11 is 0. The molecule has 1 amide bonds. The quantitative estimate of drug-likeness (QED) is 0.404. The number of aliphatic carboxylic acids is 1. The van der Waals surface area contributed by atoms with E-state index in [-0.39, 0.29) is 29.4 Å². The fourth-order valence-electron chi connectivity index (χ4n) is 3.21. The first kappa shape index (κ1) is 26.8. The predicted molar refractivity (Wildman–Crippen MR) is 128 cm³/mol. The maximum absolute atomic E-state index is 14.6. The molecule has 1 heterocycles. The minimum atomic E-state index is -1.28. The van der Waals surface area contributed by atoms with Gasteiger partial charge in [0.05, 0.1) is 12.5 Å². The molecule has 36 heavy (non-hydrogen) atoms. The molecule has 192 valence electrons. The summed E-state index contributed by atoms with van der Waals surface area (Å²) in [4.78, 5) is 24.4. The molecule has 0 unspecified atom stereocenters. The van der Waals surface area contributed by atoms with E-state index in [9.17, 15) is 28.6 Å². The van der Waals surface area contributed by atoms with Crippen molar-refractivity contribution in [1.82, 2.24) is 15.1 Å². The molecule has 3 aromatic rings. The zero-order valence-corrected chi connectivity index (χ0v) is 20.5. The van der Waals surface area contributed by atoms with E-state index < -0.39 is 47.0 Å². The SMILES string of the molecule is CC(C)(C)[C@](C)(O)COc1cc(C(=O)N[C@@H](CC(=O)O)c2ccccc2F)nn1-c1ccccc1F. The van der Waals surface area contributed by atoms with Crippen molar-refractivity contribution in [2.45, 2.75) is 45.8 Å². The second-order valence-corrected chi connectivity index (χ2v) is 9.69. The number of carboxylic acid groups (broad SMARTS) is 1. The molecule has 0 aliphatic rings. The van der Waals surface area contributed by atoms with Crippen molar-refractivity contribution in [2.75, 3.05) is 6.61 Å². The van der Waals surface area contributed by atoms with Gasteiger partial charge < -0.3 is 20.3 Å². The number of nitrogens with one attached hydrogen (secondary N) is 1. The lowest BCUT2D eigenvalue weighted by molar-refractivity contribution is -0.137. The number of halogens is 2. The van der Waals surface area contributed by atoms with Gasteiger partial charge in [0, 0.05) is 11.6 Å². The highest BCUT2D eigenvalue weighted by molar-refractivity contribution is 5.93. The first-order valence-electron chi connectivity index (χ1n) is 11.3. The number of carbonyl (C=O) groups is 2. The van der Waals surface area contributed by atoms with E-state index in [1.165, 1.54) is 42.5 Å². The van der Waals surface area contributed by atoms with Gasteiger partial charge in [-0.1, -0.05) is 51.1 Å². The smallest absolute Gasteiger partial charge is 0.305 e. The Labute approximate surface area is 207 Å². The van der Waals surface area contributed by atoms with E-state index in [0.717, 1.165) is 10.7 Å². The molecule has 8 nitrogen and oxygen atoms in total. The summed E-state index contributed by atoms with van der Waals surface area (Å²) in [5.74, 6) is -3.37. The molecule has 3 N–H and O–H groups in total. The largest absolute Gasteiger partial charge is 0.481 e. The molecule has 2 atom stereocenters. The normalized spacial score (nSPS) is 14.1. The molecule has 0 saturated carbocycles. The minimum absolute atomic E-state index is 0.000478. The Kier molecular flexibility index (Phi) is 7.78. The van der Waals surface area contributed by atoms with Gasteiger partial charge in [0.25, 0.3) is 5.91 Å². The van der Waals surface area contributed by atoms with E-state index in [1.54, 1.807) is 13.0 Å². The molecular formula is C26H29F2N3O5. The Morgan fingerprint density at radius 1 is 1.06 bits per heavy atom. The number of benzene rings is 2. The number of ether oxygens (including phenoxy) is 1. The van der Waals surface area contributed by atoms with Gasteiger partial charge in [-0.15, -0.1) is 0 Å². The maximum Gasteiger partial charge on any atom is 0.305 e. The fourth-order valence-corrected chi connectivity index (χ4v) is 3.21. The Morgan fingerprint density at radius 3 is 2.25 bits per heavy atom. The summed E-state index contributed by atoms with van der Waals surface area (Å²) in [6, 6.07) is 11.3. The van der Waals surface area contributed by atoms with Crippen molar-refractivity contribution in [3.05, 3.63) is 77.5 Å². The third-order valence-electron chi connectivity index (χ3n) is 6.07. The number of rotatable bonds is 9. The van der Waals surface area contributed by atoms with E-state index in [0.29, 0.717) is 0 Å². The molecule has 1 aromatic heterocycles. The number of amides is 1. The monoisotopic (exact) mass is 501 g/mol. The number of hydrogen-bond donors (Lipinski definition) is 3. The van der Waals surface area contributed by atoms with Crippen LogP contribution in [-0.4, -0.2) is 44.1 Å². The van der Waals surface area contributed by atoms with E-state index in [2.05, 4.69) is 10.4 Å². The summed E-state index contributed by atoms with van der Waals surface area (Å²) in [6.45, 7) is 6.89. The highest BCUT2D eigenvalue weighted by Crippen LogP contribution is 2.31. The Morgan fingerprint density at radius 2 is 1.67 bits per heavy atom. The first-order chi connectivity index (χ1) is 16.8. The van der Waals surface area contributed by atoms with Gasteiger partial charge in [-0.25, -0.2) is 8.78 Å². The lowest BCUT2D eigenvalue weighted by Gasteiger charge is -2.36. The number of aliphatic hydroxyl groups is 1.